The standard InChI is InChI=1S/C22H21NO3/c1-22(2)15-12-25-17-11-7-5-9-14(17)18(15)19-20(26-22)13-8-4-6-10-16(13)23(3)21(19)24/h4-11,15,18H,12H2,1-3H3/t15-,18+/m0/s1. The maximum Gasteiger partial charge on any atom is 0.258 e. The van der Waals surface area contributed by atoms with Crippen molar-refractivity contribution in [1.82, 2.24) is 4.57 Å². The predicted molar refractivity (Wildman–Crippen MR) is 101 cm³/mol. The van der Waals surface area contributed by atoms with Crippen molar-refractivity contribution in [2.24, 2.45) is 13.0 Å². The second-order valence-corrected chi connectivity index (χ2v) is 7.76. The molecule has 0 N–H and O–H groups in total. The highest BCUT2D eigenvalue weighted by Gasteiger charge is 2.49. The number of pyridine rings is 1. The van der Waals surface area contributed by atoms with Gasteiger partial charge in [0.1, 0.15) is 17.1 Å². The summed E-state index contributed by atoms with van der Waals surface area (Å²) in [5.74, 6) is 1.65. The highest BCUT2D eigenvalue weighted by molar-refractivity contribution is 5.87. The Morgan fingerprint density at radius 3 is 2.65 bits per heavy atom. The SMILES string of the molecule is Cn1c(=O)c2c(c3ccccc31)OC(C)(C)[C@H]1COc3ccccc3[C@@H]21. The Labute approximate surface area is 152 Å². The van der Waals surface area contributed by atoms with Crippen LogP contribution in [0.15, 0.2) is 53.3 Å². The lowest BCUT2D eigenvalue weighted by molar-refractivity contribution is -0.0130. The average Bonchev–Trinajstić information content (AvgIpc) is 2.65. The van der Waals surface area contributed by atoms with Gasteiger partial charge in [0.05, 0.1) is 17.7 Å². The molecule has 4 heteroatoms. The van der Waals surface area contributed by atoms with Gasteiger partial charge in [0, 0.05) is 29.8 Å². The van der Waals surface area contributed by atoms with Crippen molar-refractivity contribution < 1.29 is 9.47 Å². The smallest absolute Gasteiger partial charge is 0.258 e. The van der Waals surface area contributed by atoms with Crippen molar-refractivity contribution in [2.75, 3.05) is 6.61 Å². The molecule has 1 aromatic heterocycles. The second-order valence-electron chi connectivity index (χ2n) is 7.76. The molecular formula is C22H21NO3. The van der Waals surface area contributed by atoms with E-state index in [4.69, 9.17) is 9.47 Å². The van der Waals surface area contributed by atoms with E-state index in [2.05, 4.69) is 19.9 Å². The van der Waals surface area contributed by atoms with Crippen molar-refractivity contribution in [3.8, 4) is 11.5 Å². The van der Waals surface area contributed by atoms with Crippen LogP contribution in [0.5, 0.6) is 11.5 Å². The van der Waals surface area contributed by atoms with Gasteiger partial charge in [-0.2, -0.15) is 0 Å². The zero-order chi connectivity index (χ0) is 18.1. The van der Waals surface area contributed by atoms with Gasteiger partial charge in [0.15, 0.2) is 0 Å². The number of fused-ring (bicyclic) bond motifs is 7. The summed E-state index contributed by atoms with van der Waals surface area (Å²) in [6.45, 7) is 4.73. The fraction of sp³-hybridized carbons (Fsp3) is 0.318. The van der Waals surface area contributed by atoms with Gasteiger partial charge in [0.25, 0.3) is 5.56 Å². The summed E-state index contributed by atoms with van der Waals surface area (Å²) in [5.41, 5.74) is 2.31. The highest BCUT2D eigenvalue weighted by Crippen LogP contribution is 2.52. The number of aryl methyl sites for hydroxylation is 1. The van der Waals surface area contributed by atoms with Gasteiger partial charge < -0.3 is 14.0 Å². The molecule has 3 aromatic rings. The third-order valence-electron chi connectivity index (χ3n) is 5.93. The quantitative estimate of drug-likeness (QED) is 0.620. The molecule has 0 saturated heterocycles. The van der Waals surface area contributed by atoms with E-state index >= 15 is 0 Å². The lowest BCUT2D eigenvalue weighted by Crippen LogP contribution is -2.51. The highest BCUT2D eigenvalue weighted by atomic mass is 16.5. The van der Waals surface area contributed by atoms with Gasteiger partial charge in [-0.05, 0) is 32.0 Å². The maximum atomic E-state index is 13.3. The van der Waals surface area contributed by atoms with E-state index < -0.39 is 5.60 Å². The third kappa shape index (κ3) is 1.93. The monoisotopic (exact) mass is 347 g/mol. The maximum absolute atomic E-state index is 13.3. The fourth-order valence-corrected chi connectivity index (χ4v) is 4.53. The molecule has 0 spiro atoms. The molecule has 0 bridgehead atoms. The van der Waals surface area contributed by atoms with Gasteiger partial charge in [0.2, 0.25) is 0 Å². The second kappa shape index (κ2) is 5.13. The largest absolute Gasteiger partial charge is 0.493 e. The number of hydrogen-bond acceptors (Lipinski definition) is 3. The Bertz CT molecular complexity index is 1100. The molecule has 0 radical (unpaired) electrons. The Kier molecular flexibility index (Phi) is 3.06. The molecule has 2 aliphatic rings. The lowest BCUT2D eigenvalue weighted by Gasteiger charge is -2.47. The van der Waals surface area contributed by atoms with E-state index in [1.807, 2.05) is 49.5 Å². The van der Waals surface area contributed by atoms with Crippen LogP contribution in [-0.4, -0.2) is 16.8 Å². The first-order valence-corrected chi connectivity index (χ1v) is 9.01. The number of ether oxygens (including phenoxy) is 2. The zero-order valence-electron chi connectivity index (χ0n) is 15.2. The minimum atomic E-state index is -0.430. The normalized spacial score (nSPS) is 22.6. The molecule has 2 aliphatic heterocycles. The van der Waals surface area contributed by atoms with Crippen molar-refractivity contribution in [2.45, 2.75) is 25.4 Å². The molecule has 132 valence electrons. The first kappa shape index (κ1) is 15.5. The van der Waals surface area contributed by atoms with Gasteiger partial charge >= 0.3 is 0 Å². The van der Waals surface area contributed by atoms with Crippen LogP contribution < -0.4 is 15.0 Å². The molecule has 2 atom stereocenters. The molecule has 0 fully saturated rings. The van der Waals surface area contributed by atoms with Gasteiger partial charge in [-0.1, -0.05) is 30.3 Å². The van der Waals surface area contributed by atoms with Gasteiger partial charge in [-0.15, -0.1) is 0 Å². The summed E-state index contributed by atoms with van der Waals surface area (Å²) < 4.78 is 14.2. The molecule has 26 heavy (non-hydrogen) atoms. The minimum Gasteiger partial charge on any atom is -0.493 e. The molecule has 3 heterocycles. The summed E-state index contributed by atoms with van der Waals surface area (Å²) >= 11 is 0. The van der Waals surface area contributed by atoms with Crippen LogP contribution in [0.2, 0.25) is 0 Å². The van der Waals surface area contributed by atoms with Crippen molar-refractivity contribution in [1.29, 1.82) is 0 Å². The van der Waals surface area contributed by atoms with Crippen LogP contribution in [-0.2, 0) is 7.05 Å². The minimum absolute atomic E-state index is 0.0147. The number of nitrogens with zero attached hydrogens (tertiary/aromatic N) is 1. The van der Waals surface area contributed by atoms with E-state index in [1.165, 1.54) is 0 Å². The predicted octanol–water partition coefficient (Wildman–Crippen LogP) is 3.85. The third-order valence-corrected chi connectivity index (χ3v) is 5.93. The van der Waals surface area contributed by atoms with Crippen LogP contribution in [0.25, 0.3) is 10.9 Å². The number of rotatable bonds is 0. The molecular weight excluding hydrogens is 326 g/mol. The van der Waals surface area contributed by atoms with Crippen LogP contribution in [0.3, 0.4) is 0 Å². The summed E-state index contributed by atoms with van der Waals surface area (Å²) in [6.07, 6.45) is 0. The van der Waals surface area contributed by atoms with E-state index in [1.54, 1.807) is 4.57 Å². The Morgan fingerprint density at radius 1 is 1.08 bits per heavy atom. The number of hydrogen-bond donors (Lipinski definition) is 0. The Balaban J connectivity index is 1.91. The molecule has 0 amide bonds. The van der Waals surface area contributed by atoms with Crippen LogP contribution in [0.1, 0.15) is 30.9 Å². The van der Waals surface area contributed by atoms with E-state index in [-0.39, 0.29) is 17.4 Å². The molecule has 0 saturated carbocycles. The van der Waals surface area contributed by atoms with Gasteiger partial charge in [-0.25, -0.2) is 0 Å². The fourth-order valence-electron chi connectivity index (χ4n) is 4.53. The summed E-state index contributed by atoms with van der Waals surface area (Å²) in [4.78, 5) is 13.3. The van der Waals surface area contributed by atoms with Crippen LogP contribution >= 0.6 is 0 Å². The summed E-state index contributed by atoms with van der Waals surface area (Å²) in [5, 5.41) is 0.986. The number of para-hydroxylation sites is 2. The summed E-state index contributed by atoms with van der Waals surface area (Å²) in [6, 6.07) is 16.0. The molecule has 0 unspecified atom stereocenters. The lowest BCUT2D eigenvalue weighted by atomic mass is 9.70. The number of benzene rings is 2. The first-order valence-electron chi connectivity index (χ1n) is 9.01. The van der Waals surface area contributed by atoms with Crippen LogP contribution in [0.4, 0.5) is 0 Å². The Hall–Kier alpha value is -2.75. The van der Waals surface area contributed by atoms with Crippen molar-refractivity contribution in [3.63, 3.8) is 0 Å². The van der Waals surface area contributed by atoms with E-state index in [0.717, 1.165) is 33.5 Å². The summed E-state index contributed by atoms with van der Waals surface area (Å²) in [7, 11) is 1.84. The first-order chi connectivity index (χ1) is 12.5. The number of aromatic nitrogens is 1. The zero-order valence-corrected chi connectivity index (χ0v) is 15.2. The molecule has 0 aliphatic carbocycles. The van der Waals surface area contributed by atoms with Crippen molar-refractivity contribution in [3.05, 3.63) is 70.0 Å². The molecule has 5 rings (SSSR count). The van der Waals surface area contributed by atoms with E-state index in [9.17, 15) is 4.79 Å². The average molecular weight is 347 g/mol. The molecule has 4 nitrogen and oxygen atoms in total. The van der Waals surface area contributed by atoms with Crippen molar-refractivity contribution >= 4 is 10.9 Å². The van der Waals surface area contributed by atoms with Crippen LogP contribution in [0, 0.1) is 5.92 Å². The Morgan fingerprint density at radius 2 is 1.81 bits per heavy atom. The topological polar surface area (TPSA) is 40.5 Å². The van der Waals surface area contributed by atoms with E-state index in [0.29, 0.717) is 6.61 Å². The molecule has 2 aromatic carbocycles. The van der Waals surface area contributed by atoms with Gasteiger partial charge in [-0.3, -0.25) is 4.79 Å².